The molecule has 0 radical (unpaired) electrons. The lowest BCUT2D eigenvalue weighted by Crippen LogP contribution is -2.36. The average Bonchev–Trinajstić information content (AvgIpc) is 2.32. The number of nitrogen functional groups attached to an aromatic ring is 1. The van der Waals surface area contributed by atoms with E-state index in [1.165, 1.54) is 6.07 Å². The fourth-order valence-corrected chi connectivity index (χ4v) is 1.31. The Kier molecular flexibility index (Phi) is 4.29. The first-order valence-corrected chi connectivity index (χ1v) is 5.71. The van der Waals surface area contributed by atoms with Crippen molar-refractivity contribution in [2.45, 2.75) is 20.8 Å². The Bertz CT molecular complexity index is 435. The molecule has 18 heavy (non-hydrogen) atoms. The number of hydrogen-bond donors (Lipinski definition) is 3. The van der Waals surface area contributed by atoms with Gasteiger partial charge in [-0.05, 0) is 19.1 Å². The van der Waals surface area contributed by atoms with E-state index in [0.29, 0.717) is 12.1 Å². The van der Waals surface area contributed by atoms with Gasteiger partial charge in [-0.15, -0.1) is 0 Å². The number of rotatable bonds is 4. The maximum atomic E-state index is 13.4. The monoisotopic (exact) mass is 254 g/mol. The van der Waals surface area contributed by atoms with Crippen molar-refractivity contribution in [2.24, 2.45) is 5.41 Å². The van der Waals surface area contributed by atoms with Crippen molar-refractivity contribution in [1.29, 1.82) is 0 Å². The number of nitrogens with two attached hydrogens (primary N) is 1. The highest BCUT2D eigenvalue weighted by Gasteiger charge is 2.18. The third-order valence-electron chi connectivity index (χ3n) is 2.80. The molecule has 0 atom stereocenters. The molecule has 0 aliphatic carbocycles. The van der Waals surface area contributed by atoms with Crippen molar-refractivity contribution in [3.8, 4) is 0 Å². The van der Waals surface area contributed by atoms with E-state index in [2.05, 4.69) is 5.32 Å². The molecule has 0 saturated heterocycles. The van der Waals surface area contributed by atoms with Crippen LogP contribution in [0, 0.1) is 18.2 Å². The average molecular weight is 254 g/mol. The van der Waals surface area contributed by atoms with Crippen molar-refractivity contribution >= 4 is 11.6 Å². The van der Waals surface area contributed by atoms with Crippen LogP contribution in [0.1, 0.15) is 29.8 Å². The summed E-state index contributed by atoms with van der Waals surface area (Å²) < 4.78 is 13.4. The van der Waals surface area contributed by atoms with Crippen LogP contribution >= 0.6 is 0 Å². The number of benzene rings is 1. The van der Waals surface area contributed by atoms with Gasteiger partial charge in [-0.25, -0.2) is 4.39 Å². The number of carbonyl (C=O) groups is 1. The largest absolute Gasteiger partial charge is 0.398 e. The number of amides is 1. The molecule has 0 spiro atoms. The number of carbonyl (C=O) groups excluding carboxylic acids is 1. The summed E-state index contributed by atoms with van der Waals surface area (Å²) in [6.45, 7) is 5.45. The van der Waals surface area contributed by atoms with Crippen LogP contribution in [0.15, 0.2) is 12.1 Å². The van der Waals surface area contributed by atoms with Crippen LogP contribution in [-0.4, -0.2) is 24.2 Å². The molecule has 1 aromatic rings. The van der Waals surface area contributed by atoms with Crippen LogP contribution < -0.4 is 11.1 Å². The highest BCUT2D eigenvalue weighted by Crippen LogP contribution is 2.18. The van der Waals surface area contributed by atoms with Crippen molar-refractivity contribution in [3.63, 3.8) is 0 Å². The second-order valence-corrected chi connectivity index (χ2v) is 5.18. The quantitative estimate of drug-likeness (QED) is 0.712. The van der Waals surface area contributed by atoms with E-state index >= 15 is 0 Å². The van der Waals surface area contributed by atoms with Crippen molar-refractivity contribution in [3.05, 3.63) is 29.1 Å². The highest BCUT2D eigenvalue weighted by atomic mass is 19.1. The molecular weight excluding hydrogens is 235 g/mol. The molecule has 0 saturated carbocycles. The molecular formula is C13H19FN2O2. The van der Waals surface area contributed by atoms with E-state index in [4.69, 9.17) is 10.8 Å². The van der Waals surface area contributed by atoms with E-state index in [1.54, 1.807) is 6.92 Å². The Morgan fingerprint density at radius 1 is 1.50 bits per heavy atom. The van der Waals surface area contributed by atoms with E-state index < -0.39 is 17.1 Å². The van der Waals surface area contributed by atoms with E-state index in [1.807, 2.05) is 13.8 Å². The van der Waals surface area contributed by atoms with Gasteiger partial charge in [-0.2, -0.15) is 0 Å². The summed E-state index contributed by atoms with van der Waals surface area (Å²) in [5.74, 6) is -0.899. The fraction of sp³-hybridized carbons (Fsp3) is 0.462. The Morgan fingerprint density at radius 3 is 2.61 bits per heavy atom. The van der Waals surface area contributed by atoms with Gasteiger partial charge in [-0.1, -0.05) is 13.8 Å². The van der Waals surface area contributed by atoms with Crippen molar-refractivity contribution < 1.29 is 14.3 Å². The van der Waals surface area contributed by atoms with Crippen molar-refractivity contribution in [1.82, 2.24) is 5.32 Å². The topological polar surface area (TPSA) is 75.4 Å². The maximum Gasteiger partial charge on any atom is 0.251 e. The first-order valence-electron chi connectivity index (χ1n) is 5.71. The standard InChI is InChI=1S/C13H19FN2O2/c1-8-10(14)4-9(5-11(8)15)12(18)16-6-13(2,3)7-17/h4-5,17H,6-7,15H2,1-3H3,(H,16,18). The van der Waals surface area contributed by atoms with Gasteiger partial charge in [0.05, 0.1) is 0 Å². The van der Waals surface area contributed by atoms with Gasteiger partial charge in [0.2, 0.25) is 0 Å². The molecule has 1 rings (SSSR count). The minimum atomic E-state index is -0.499. The summed E-state index contributed by atoms with van der Waals surface area (Å²) in [6.07, 6.45) is 0. The first-order chi connectivity index (χ1) is 8.26. The Balaban J connectivity index is 2.80. The number of hydrogen-bond acceptors (Lipinski definition) is 3. The molecule has 1 aromatic carbocycles. The zero-order valence-corrected chi connectivity index (χ0v) is 10.9. The number of anilines is 1. The predicted octanol–water partition coefficient (Wildman–Crippen LogP) is 1.46. The molecule has 0 fully saturated rings. The molecule has 5 heteroatoms. The molecule has 0 aliphatic rings. The minimum Gasteiger partial charge on any atom is -0.398 e. The first kappa shape index (κ1) is 14.4. The highest BCUT2D eigenvalue weighted by molar-refractivity contribution is 5.95. The lowest BCUT2D eigenvalue weighted by molar-refractivity contribution is 0.0910. The van der Waals surface area contributed by atoms with E-state index in [0.717, 1.165) is 6.07 Å². The molecule has 0 aliphatic heterocycles. The van der Waals surface area contributed by atoms with Gasteiger partial charge < -0.3 is 16.2 Å². The van der Waals surface area contributed by atoms with Crippen LogP contribution in [0.2, 0.25) is 0 Å². The third kappa shape index (κ3) is 3.43. The lowest BCUT2D eigenvalue weighted by Gasteiger charge is -2.21. The summed E-state index contributed by atoms with van der Waals surface area (Å²) in [7, 11) is 0. The third-order valence-corrected chi connectivity index (χ3v) is 2.80. The van der Waals surface area contributed by atoms with Crippen molar-refractivity contribution in [2.75, 3.05) is 18.9 Å². The Hall–Kier alpha value is -1.62. The predicted molar refractivity (Wildman–Crippen MR) is 68.7 cm³/mol. The number of aliphatic hydroxyl groups excluding tert-OH is 1. The van der Waals surface area contributed by atoms with Gasteiger partial charge in [0, 0.05) is 35.4 Å². The summed E-state index contributed by atoms with van der Waals surface area (Å²) in [4.78, 5) is 11.8. The summed E-state index contributed by atoms with van der Waals surface area (Å²) >= 11 is 0. The molecule has 0 unspecified atom stereocenters. The molecule has 100 valence electrons. The smallest absolute Gasteiger partial charge is 0.251 e. The van der Waals surface area contributed by atoms with E-state index in [9.17, 15) is 9.18 Å². The maximum absolute atomic E-state index is 13.4. The lowest BCUT2D eigenvalue weighted by atomic mass is 9.95. The number of halogens is 1. The second kappa shape index (κ2) is 5.35. The SMILES string of the molecule is Cc1c(N)cc(C(=O)NCC(C)(C)CO)cc1F. The Morgan fingerprint density at radius 2 is 2.11 bits per heavy atom. The molecule has 0 heterocycles. The normalized spacial score (nSPS) is 11.4. The second-order valence-electron chi connectivity index (χ2n) is 5.18. The van der Waals surface area contributed by atoms with Gasteiger partial charge in [0.25, 0.3) is 5.91 Å². The summed E-state index contributed by atoms with van der Waals surface area (Å²) in [6, 6.07) is 2.60. The zero-order chi connectivity index (χ0) is 13.9. The molecule has 1 amide bonds. The molecule has 4 N–H and O–H groups in total. The van der Waals surface area contributed by atoms with Gasteiger partial charge in [0.15, 0.2) is 0 Å². The van der Waals surface area contributed by atoms with Crippen LogP contribution in [0.3, 0.4) is 0 Å². The molecule has 0 bridgehead atoms. The van der Waals surface area contributed by atoms with Gasteiger partial charge in [-0.3, -0.25) is 4.79 Å². The van der Waals surface area contributed by atoms with E-state index in [-0.39, 0.29) is 17.9 Å². The van der Waals surface area contributed by atoms with Crippen LogP contribution in [-0.2, 0) is 0 Å². The minimum absolute atomic E-state index is 0.0440. The van der Waals surface area contributed by atoms with Crippen LogP contribution in [0.5, 0.6) is 0 Å². The summed E-state index contributed by atoms with van der Waals surface area (Å²) in [5.41, 5.74) is 5.97. The van der Waals surface area contributed by atoms with Crippen LogP contribution in [0.25, 0.3) is 0 Å². The van der Waals surface area contributed by atoms with Gasteiger partial charge in [0.1, 0.15) is 5.82 Å². The molecule has 0 aromatic heterocycles. The van der Waals surface area contributed by atoms with Crippen LogP contribution in [0.4, 0.5) is 10.1 Å². The Labute approximate surface area is 106 Å². The zero-order valence-electron chi connectivity index (χ0n) is 10.9. The number of nitrogens with one attached hydrogen (secondary N) is 1. The molecule has 4 nitrogen and oxygen atoms in total. The van der Waals surface area contributed by atoms with Gasteiger partial charge >= 0.3 is 0 Å². The number of aliphatic hydroxyl groups is 1. The fourth-order valence-electron chi connectivity index (χ4n) is 1.31. The summed E-state index contributed by atoms with van der Waals surface area (Å²) in [5, 5.41) is 11.7.